The number of hydroxylamine groups is 2. The summed E-state index contributed by atoms with van der Waals surface area (Å²) in [5.74, 6) is -3.97. The molecule has 0 radical (unpaired) electrons. The molecule has 2 aromatic rings. The molecule has 394 valence electrons. The third-order valence-corrected chi connectivity index (χ3v) is 10.8. The number of nitrogens with zero attached hydrogens (tertiary/aromatic N) is 3. The quantitative estimate of drug-likeness (QED) is 0.0720. The lowest BCUT2D eigenvalue weighted by molar-refractivity contribution is -0.193. The molecule has 2 aromatic carbocycles. The predicted molar refractivity (Wildman–Crippen MR) is 255 cm³/mol. The van der Waals surface area contributed by atoms with E-state index in [2.05, 4.69) is 5.32 Å². The van der Waals surface area contributed by atoms with Gasteiger partial charge >= 0.3 is 12.1 Å². The molecule has 1 unspecified atom stereocenters. The first-order valence-electron chi connectivity index (χ1n) is 23.8. The Hall–Kier alpha value is -4.81. The fraction of sp³-hybridized carbons (Fsp3) is 0.653. The molecule has 70 heavy (non-hydrogen) atoms. The van der Waals surface area contributed by atoms with Gasteiger partial charge in [0.15, 0.2) is 0 Å². The van der Waals surface area contributed by atoms with Crippen molar-refractivity contribution in [3.63, 3.8) is 0 Å². The summed E-state index contributed by atoms with van der Waals surface area (Å²) in [6, 6.07) is 13.7. The summed E-state index contributed by atoms with van der Waals surface area (Å²) >= 11 is 0. The lowest BCUT2D eigenvalue weighted by Crippen LogP contribution is -2.51. The van der Waals surface area contributed by atoms with E-state index in [0.717, 1.165) is 45.1 Å². The Labute approximate surface area is 412 Å². The zero-order valence-electron chi connectivity index (χ0n) is 41.5. The topological polar surface area (TPSA) is 229 Å². The molecular weight excluding hydrogens is 917 g/mol. The van der Waals surface area contributed by atoms with E-state index in [9.17, 15) is 29.1 Å². The summed E-state index contributed by atoms with van der Waals surface area (Å²) in [6.07, 6.45) is 0.483. The van der Waals surface area contributed by atoms with Gasteiger partial charge in [-0.3, -0.25) is 19.2 Å². The summed E-state index contributed by atoms with van der Waals surface area (Å²) in [4.78, 5) is 76.9. The highest BCUT2D eigenvalue weighted by Crippen LogP contribution is 2.44. The van der Waals surface area contributed by atoms with Gasteiger partial charge in [0, 0.05) is 73.9 Å². The summed E-state index contributed by atoms with van der Waals surface area (Å²) < 4.78 is 53.9. The van der Waals surface area contributed by atoms with E-state index in [1.54, 1.807) is 28.4 Å². The van der Waals surface area contributed by atoms with Crippen LogP contribution < -0.4 is 5.32 Å². The molecule has 0 saturated carbocycles. The lowest BCUT2D eigenvalue weighted by atomic mass is 9.98. The van der Waals surface area contributed by atoms with Crippen LogP contribution in [0.2, 0.25) is 0 Å². The molecule has 0 aliphatic heterocycles. The number of carboxylic acids is 1. The number of ether oxygens (including phenoxy) is 10. The van der Waals surface area contributed by atoms with Gasteiger partial charge in [-0.15, -0.1) is 0 Å². The summed E-state index contributed by atoms with van der Waals surface area (Å²) in [7, 11) is 6.32. The van der Waals surface area contributed by atoms with Gasteiger partial charge in [-0.05, 0) is 47.9 Å². The number of unbranched alkanes of at least 4 members (excludes halogenated alkanes) is 1. The van der Waals surface area contributed by atoms with E-state index in [4.69, 9.17) is 52.2 Å². The molecule has 0 aromatic heterocycles. The van der Waals surface area contributed by atoms with Crippen molar-refractivity contribution in [1.29, 1.82) is 0 Å². The molecule has 0 spiro atoms. The van der Waals surface area contributed by atoms with Crippen LogP contribution in [0.1, 0.15) is 49.1 Å². The third kappa shape index (κ3) is 23.4. The van der Waals surface area contributed by atoms with Gasteiger partial charge in [0.2, 0.25) is 11.8 Å². The van der Waals surface area contributed by atoms with Crippen molar-refractivity contribution in [2.75, 3.05) is 167 Å². The number of hydrogen-bond donors (Lipinski definition) is 2. The van der Waals surface area contributed by atoms with Gasteiger partial charge < -0.3 is 67.6 Å². The van der Waals surface area contributed by atoms with Gasteiger partial charge in [-0.1, -0.05) is 48.5 Å². The zero-order valence-corrected chi connectivity index (χ0v) is 41.5. The van der Waals surface area contributed by atoms with Crippen LogP contribution in [0.15, 0.2) is 48.5 Å². The maximum atomic E-state index is 14.3. The van der Waals surface area contributed by atoms with E-state index >= 15 is 0 Å². The normalized spacial score (nSPS) is 12.3. The maximum absolute atomic E-state index is 14.3. The van der Waals surface area contributed by atoms with Crippen LogP contribution in [-0.4, -0.2) is 223 Å². The van der Waals surface area contributed by atoms with Crippen LogP contribution in [0.4, 0.5) is 4.79 Å². The number of carbonyl (C=O) groups is 5. The molecule has 21 heteroatoms. The minimum atomic E-state index is -1.78. The van der Waals surface area contributed by atoms with Crippen molar-refractivity contribution in [3.05, 3.63) is 59.7 Å². The van der Waals surface area contributed by atoms with Crippen LogP contribution in [0.5, 0.6) is 0 Å². The molecular formula is C49H76N4O17. The van der Waals surface area contributed by atoms with Gasteiger partial charge in [-0.2, -0.15) is 0 Å². The largest absolute Gasteiger partial charge is 0.480 e. The number of methoxy groups -OCH3 is 4. The number of rotatable bonds is 42. The lowest BCUT2D eigenvalue weighted by Gasteiger charge is -2.30. The van der Waals surface area contributed by atoms with Gasteiger partial charge in [0.25, 0.3) is 5.91 Å². The van der Waals surface area contributed by atoms with Gasteiger partial charge in [-0.25, -0.2) is 14.7 Å². The summed E-state index contributed by atoms with van der Waals surface area (Å²) in [5, 5.41) is 13.7. The van der Waals surface area contributed by atoms with Gasteiger partial charge in [0.05, 0.1) is 85.6 Å². The molecule has 2 N–H and O–H groups in total. The van der Waals surface area contributed by atoms with Crippen molar-refractivity contribution in [2.45, 2.75) is 44.1 Å². The molecule has 0 fully saturated rings. The number of hydrogen-bond acceptors (Lipinski definition) is 16. The Morgan fingerprint density at radius 3 is 1.60 bits per heavy atom. The van der Waals surface area contributed by atoms with Crippen molar-refractivity contribution in [3.8, 4) is 11.1 Å². The number of nitrogens with one attached hydrogen (secondary N) is 1. The second-order valence-electron chi connectivity index (χ2n) is 16.0. The third-order valence-electron chi connectivity index (χ3n) is 10.8. The number of aliphatic carboxylic acids is 1. The standard InChI is InChI=1S/C49H76N4O17/c1-60-20-9-10-21-64-33-34-70-53(18-12-23-66-29-26-62-3)47(56)37-52(36-46(55)51(17-11-22-65-28-25-61-2)19-24-67-31-32-68-30-27-63-4)45(54)35-44(48(57)58)50-49(59)69-38-43-41-15-7-5-13-39(41)40-14-6-8-16-42(40)43/h5-8,13-16,43-44H,9-12,17-38H2,1-4H3,(H,50,59)(H,57,58). The molecule has 1 atom stereocenters. The molecule has 4 amide bonds. The van der Waals surface area contributed by atoms with Crippen molar-refractivity contribution < 1.29 is 81.3 Å². The summed E-state index contributed by atoms with van der Waals surface area (Å²) in [6.45, 7) is 3.77. The molecule has 0 saturated heterocycles. The highest BCUT2D eigenvalue weighted by Gasteiger charge is 2.33. The summed E-state index contributed by atoms with van der Waals surface area (Å²) in [5.41, 5.74) is 3.94. The smallest absolute Gasteiger partial charge is 0.407 e. The van der Waals surface area contributed by atoms with Crippen molar-refractivity contribution in [1.82, 2.24) is 20.2 Å². The predicted octanol–water partition coefficient (Wildman–Crippen LogP) is 3.01. The second-order valence-corrected chi connectivity index (χ2v) is 16.0. The number of benzene rings is 2. The van der Waals surface area contributed by atoms with Gasteiger partial charge in [0.1, 0.15) is 25.7 Å². The van der Waals surface area contributed by atoms with E-state index in [1.807, 2.05) is 48.5 Å². The zero-order chi connectivity index (χ0) is 50.6. The average Bonchev–Trinajstić information content (AvgIpc) is 3.68. The minimum absolute atomic E-state index is 0.00375. The molecule has 3 rings (SSSR count). The maximum Gasteiger partial charge on any atom is 0.407 e. The first kappa shape index (κ1) is 59.5. The molecule has 1 aliphatic rings. The fourth-order valence-electron chi connectivity index (χ4n) is 7.20. The number of fused-ring (bicyclic) bond motifs is 3. The number of carbonyl (C=O) groups excluding carboxylic acids is 4. The van der Waals surface area contributed by atoms with Crippen LogP contribution in [0.3, 0.4) is 0 Å². The second kappa shape index (κ2) is 37.0. The number of carboxylic acid groups (broad SMARTS) is 1. The average molecular weight is 993 g/mol. The van der Waals surface area contributed by atoms with Crippen molar-refractivity contribution in [2.24, 2.45) is 0 Å². The van der Waals surface area contributed by atoms with E-state index in [0.29, 0.717) is 78.9 Å². The van der Waals surface area contributed by atoms with Crippen LogP contribution >= 0.6 is 0 Å². The van der Waals surface area contributed by atoms with E-state index in [-0.39, 0.29) is 65.2 Å². The van der Waals surface area contributed by atoms with Crippen LogP contribution in [0.25, 0.3) is 11.1 Å². The van der Waals surface area contributed by atoms with Crippen molar-refractivity contribution >= 4 is 29.8 Å². The Balaban J connectivity index is 1.80. The SMILES string of the molecule is COCCCCOCCON(CCCOCCOC)C(=O)CN(CC(=O)N(CCCOCCOC)CCOCCOCCOC)C(=O)CC(NC(=O)OCC1c2ccccc2-c2ccccc21)C(=O)O. The number of amides is 4. The monoisotopic (exact) mass is 993 g/mol. The Morgan fingerprint density at radius 2 is 1.01 bits per heavy atom. The molecule has 21 nitrogen and oxygen atoms in total. The highest BCUT2D eigenvalue weighted by molar-refractivity contribution is 5.92. The Kier molecular flexibility index (Phi) is 31.5. The first-order valence-corrected chi connectivity index (χ1v) is 23.8. The van der Waals surface area contributed by atoms with Crippen LogP contribution in [-0.2, 0) is 71.4 Å². The fourth-order valence-corrected chi connectivity index (χ4v) is 7.20. The molecule has 1 aliphatic carbocycles. The minimum Gasteiger partial charge on any atom is -0.480 e. The first-order chi connectivity index (χ1) is 34.1. The Morgan fingerprint density at radius 1 is 0.529 bits per heavy atom. The Bertz CT molecular complexity index is 1690. The molecule has 0 bridgehead atoms. The highest BCUT2D eigenvalue weighted by atomic mass is 16.7. The number of alkyl carbamates (subject to hydrolysis) is 1. The van der Waals surface area contributed by atoms with Crippen LogP contribution in [0, 0.1) is 0 Å². The van der Waals surface area contributed by atoms with E-state index in [1.165, 1.54) is 4.90 Å². The molecule has 0 heterocycles. The van der Waals surface area contributed by atoms with E-state index < -0.39 is 55.3 Å².